The third kappa shape index (κ3) is 1.69. The van der Waals surface area contributed by atoms with Crippen molar-refractivity contribution in [2.45, 2.75) is 20.0 Å². The zero-order valence-corrected chi connectivity index (χ0v) is 8.16. The van der Waals surface area contributed by atoms with Crippen LogP contribution in [0.3, 0.4) is 0 Å². The summed E-state index contributed by atoms with van der Waals surface area (Å²) in [4.78, 5) is 0. The Morgan fingerprint density at radius 1 is 1.00 bits per heavy atom. The summed E-state index contributed by atoms with van der Waals surface area (Å²) in [6.07, 6.45) is 0. The van der Waals surface area contributed by atoms with Crippen LogP contribution in [0.5, 0.6) is 0 Å². The Hall–Kier alpha value is -1.77. The third-order valence-electron chi connectivity index (χ3n) is 2.30. The lowest BCUT2D eigenvalue weighted by atomic mass is 9.97. The van der Waals surface area contributed by atoms with Crippen LogP contribution in [0.2, 0.25) is 0 Å². The summed E-state index contributed by atoms with van der Waals surface area (Å²) in [5, 5.41) is 8.66. The lowest BCUT2D eigenvalue weighted by Crippen LogP contribution is -2.08. The van der Waals surface area contributed by atoms with E-state index in [-0.39, 0.29) is 0 Å². The molecule has 0 aliphatic rings. The number of alkyl halides is 3. The van der Waals surface area contributed by atoms with E-state index in [2.05, 4.69) is 0 Å². The lowest BCUT2D eigenvalue weighted by Gasteiger charge is -2.13. The largest absolute Gasteiger partial charge is 0.397 e. The summed E-state index contributed by atoms with van der Waals surface area (Å²) in [6, 6.07) is 1.49. The molecule has 6 heteroatoms. The summed E-state index contributed by atoms with van der Waals surface area (Å²) < 4.78 is 51.0. The number of nitrogen functional groups attached to an aromatic ring is 1. The first-order valence-electron chi connectivity index (χ1n) is 4.31. The molecule has 0 aliphatic carbocycles. The number of hydrogen-bond acceptors (Lipinski definition) is 2. The third-order valence-corrected chi connectivity index (χ3v) is 2.30. The number of nitrogens with zero attached hydrogens (tertiary/aromatic N) is 1. The van der Waals surface area contributed by atoms with Crippen LogP contribution in [0.15, 0.2) is 0 Å². The van der Waals surface area contributed by atoms with E-state index in [0.717, 1.165) is 0 Å². The quantitative estimate of drug-likeness (QED) is 0.643. The average molecular weight is 232 g/mol. The second kappa shape index (κ2) is 4.84. The molecule has 0 heterocycles. The van der Waals surface area contributed by atoms with Crippen LogP contribution in [-0.2, 0) is 20.0 Å². The topological polar surface area (TPSA) is 49.8 Å². The average Bonchev–Trinajstić information content (AvgIpc) is 2.30. The summed E-state index contributed by atoms with van der Waals surface area (Å²) in [7, 11) is 0. The molecular formula is C10H8F4N2. The number of anilines is 1. The minimum Gasteiger partial charge on any atom is -0.397 e. The van der Waals surface area contributed by atoms with Crippen LogP contribution >= 0.6 is 0 Å². The zero-order chi connectivity index (χ0) is 12.3. The van der Waals surface area contributed by atoms with E-state index in [9.17, 15) is 17.6 Å². The fourth-order valence-corrected chi connectivity index (χ4v) is 1.45. The van der Waals surface area contributed by atoms with Crippen LogP contribution in [-0.4, -0.2) is 0 Å². The predicted octanol–water partition coefficient (Wildman–Crippen LogP) is 2.69. The van der Waals surface area contributed by atoms with Crippen LogP contribution in [0.1, 0.15) is 22.3 Å². The molecule has 1 aromatic rings. The van der Waals surface area contributed by atoms with Crippen molar-refractivity contribution >= 4 is 5.69 Å². The second-order valence-corrected chi connectivity index (χ2v) is 3.05. The molecule has 0 unspecified atom stereocenters. The van der Waals surface area contributed by atoms with Crippen molar-refractivity contribution in [1.82, 2.24) is 0 Å². The smallest absolute Gasteiger partial charge is 0.136 e. The Kier molecular flexibility index (Phi) is 3.72. The molecule has 0 radical (unpaired) electrons. The highest BCUT2D eigenvalue weighted by molar-refractivity contribution is 5.65. The van der Waals surface area contributed by atoms with Gasteiger partial charge in [0.2, 0.25) is 0 Å². The van der Waals surface area contributed by atoms with Crippen LogP contribution < -0.4 is 5.73 Å². The lowest BCUT2D eigenvalue weighted by molar-refractivity contribution is 0.423. The predicted molar refractivity (Wildman–Crippen MR) is 50.0 cm³/mol. The minimum absolute atomic E-state index is 0.397. The van der Waals surface area contributed by atoms with Gasteiger partial charge in [-0.2, -0.15) is 5.26 Å². The highest BCUT2D eigenvalue weighted by Crippen LogP contribution is 2.31. The molecule has 16 heavy (non-hydrogen) atoms. The van der Waals surface area contributed by atoms with Crippen LogP contribution in [0.4, 0.5) is 23.2 Å². The monoisotopic (exact) mass is 232 g/mol. The minimum atomic E-state index is -1.30. The normalized spacial score (nSPS) is 10.2. The van der Waals surface area contributed by atoms with E-state index < -0.39 is 53.8 Å². The summed E-state index contributed by atoms with van der Waals surface area (Å²) in [6.45, 7) is -3.80. The Labute approximate surface area is 89.3 Å². The number of nitrogens with two attached hydrogens (primary N) is 1. The summed E-state index contributed by atoms with van der Waals surface area (Å²) in [5.41, 5.74) is 2.84. The van der Waals surface area contributed by atoms with Gasteiger partial charge in [0.05, 0.1) is 11.3 Å². The van der Waals surface area contributed by atoms with E-state index in [1.807, 2.05) is 0 Å². The van der Waals surface area contributed by atoms with Gasteiger partial charge in [0.15, 0.2) is 0 Å². The number of halogens is 4. The van der Waals surface area contributed by atoms with Crippen molar-refractivity contribution in [3.8, 4) is 6.07 Å². The molecule has 0 fully saturated rings. The van der Waals surface area contributed by atoms with Crippen molar-refractivity contribution in [3.05, 3.63) is 28.1 Å². The van der Waals surface area contributed by atoms with Crippen molar-refractivity contribution in [3.63, 3.8) is 0 Å². The molecule has 0 atom stereocenters. The molecule has 0 aliphatic heterocycles. The van der Waals surface area contributed by atoms with Crippen molar-refractivity contribution in [1.29, 1.82) is 5.26 Å². The molecule has 86 valence electrons. The molecule has 0 spiro atoms. The van der Waals surface area contributed by atoms with Gasteiger partial charge < -0.3 is 5.73 Å². The van der Waals surface area contributed by atoms with Gasteiger partial charge in [0, 0.05) is 16.7 Å². The molecule has 0 saturated heterocycles. The van der Waals surface area contributed by atoms with Gasteiger partial charge in [-0.25, -0.2) is 17.6 Å². The van der Waals surface area contributed by atoms with E-state index in [4.69, 9.17) is 11.0 Å². The molecule has 0 saturated carbocycles. The van der Waals surface area contributed by atoms with Gasteiger partial charge >= 0.3 is 0 Å². The summed E-state index contributed by atoms with van der Waals surface area (Å²) in [5.74, 6) is -1.23. The fraction of sp³-hybridized carbons (Fsp3) is 0.300. The van der Waals surface area contributed by atoms with E-state index >= 15 is 0 Å². The standard InChI is InChI=1S/C10H8F4N2/c11-1-5-7(3-13)10(16)8(4-15)6(2-12)9(5)14/h1-3,16H2. The maximum atomic E-state index is 13.5. The molecule has 1 aromatic carbocycles. The molecule has 0 aromatic heterocycles. The number of rotatable bonds is 3. The van der Waals surface area contributed by atoms with Crippen LogP contribution in [0.25, 0.3) is 0 Å². The number of benzene rings is 1. The Morgan fingerprint density at radius 3 is 1.88 bits per heavy atom. The highest BCUT2D eigenvalue weighted by Gasteiger charge is 2.22. The molecule has 0 amide bonds. The van der Waals surface area contributed by atoms with Gasteiger partial charge in [0.25, 0.3) is 0 Å². The summed E-state index contributed by atoms with van der Waals surface area (Å²) >= 11 is 0. The van der Waals surface area contributed by atoms with Gasteiger partial charge in [-0.15, -0.1) is 0 Å². The molecule has 1 rings (SSSR count). The Bertz CT molecular complexity index is 448. The van der Waals surface area contributed by atoms with Crippen molar-refractivity contribution in [2.24, 2.45) is 0 Å². The number of hydrogen-bond donors (Lipinski definition) is 1. The Morgan fingerprint density at radius 2 is 1.50 bits per heavy atom. The zero-order valence-electron chi connectivity index (χ0n) is 8.16. The Balaban J connectivity index is 3.69. The maximum Gasteiger partial charge on any atom is 0.136 e. The SMILES string of the molecule is N#Cc1c(N)c(CF)c(CF)c(F)c1CF. The first-order chi connectivity index (χ1) is 7.62. The maximum absolute atomic E-state index is 13.5. The number of nitriles is 1. The molecular weight excluding hydrogens is 224 g/mol. The molecule has 2 N–H and O–H groups in total. The fourth-order valence-electron chi connectivity index (χ4n) is 1.45. The van der Waals surface area contributed by atoms with E-state index in [1.165, 1.54) is 6.07 Å². The van der Waals surface area contributed by atoms with Crippen molar-refractivity contribution in [2.75, 3.05) is 5.73 Å². The van der Waals surface area contributed by atoms with Gasteiger partial charge in [0.1, 0.15) is 31.9 Å². The molecule has 2 nitrogen and oxygen atoms in total. The van der Waals surface area contributed by atoms with E-state index in [0.29, 0.717) is 0 Å². The van der Waals surface area contributed by atoms with Gasteiger partial charge in [-0.05, 0) is 0 Å². The first kappa shape index (κ1) is 12.3. The van der Waals surface area contributed by atoms with Crippen molar-refractivity contribution < 1.29 is 17.6 Å². The van der Waals surface area contributed by atoms with Gasteiger partial charge in [-0.3, -0.25) is 0 Å². The highest BCUT2D eigenvalue weighted by atomic mass is 19.1. The van der Waals surface area contributed by atoms with E-state index in [1.54, 1.807) is 0 Å². The second-order valence-electron chi connectivity index (χ2n) is 3.05. The molecule has 0 bridgehead atoms. The van der Waals surface area contributed by atoms with Crippen LogP contribution in [0, 0.1) is 17.1 Å². The first-order valence-corrected chi connectivity index (χ1v) is 4.31. The van der Waals surface area contributed by atoms with Gasteiger partial charge in [-0.1, -0.05) is 0 Å².